The van der Waals surface area contributed by atoms with Gasteiger partial charge in [-0.15, -0.1) is 0 Å². The van der Waals surface area contributed by atoms with Crippen molar-refractivity contribution in [3.63, 3.8) is 0 Å². The molecule has 0 aromatic carbocycles. The summed E-state index contributed by atoms with van der Waals surface area (Å²) in [7, 11) is 3.88. The predicted molar refractivity (Wildman–Crippen MR) is 75.0 cm³/mol. The first kappa shape index (κ1) is 13.7. The molecule has 4 nitrogen and oxygen atoms in total. The molecule has 0 radical (unpaired) electrons. The Bertz CT molecular complexity index is 420. The van der Waals surface area contributed by atoms with Crippen LogP contribution in [0, 0.1) is 0 Å². The van der Waals surface area contributed by atoms with Crippen LogP contribution >= 0.6 is 23.2 Å². The zero-order chi connectivity index (χ0) is 13.1. The summed E-state index contributed by atoms with van der Waals surface area (Å²) in [4.78, 5) is 6.58. The lowest BCUT2D eigenvalue weighted by Gasteiger charge is -2.29. The number of pyridine rings is 1. The van der Waals surface area contributed by atoms with E-state index >= 15 is 0 Å². The van der Waals surface area contributed by atoms with E-state index in [-0.39, 0.29) is 6.10 Å². The van der Waals surface area contributed by atoms with Gasteiger partial charge in [-0.1, -0.05) is 23.2 Å². The number of likely N-dealkylation sites (tertiary alicyclic amines) is 1. The molecule has 1 aliphatic heterocycles. The standard InChI is InChI=1S/C12H17Cl2N3O/c1-15-11-9(13)7-10(14)12(16-11)18-8-3-5-17(2)6-4-8/h7-8H,3-6H2,1-2H3,(H,15,16). The molecule has 1 aromatic heterocycles. The zero-order valence-electron chi connectivity index (χ0n) is 10.5. The highest BCUT2D eigenvalue weighted by atomic mass is 35.5. The van der Waals surface area contributed by atoms with E-state index in [1.807, 2.05) is 0 Å². The molecule has 1 N–H and O–H groups in total. The van der Waals surface area contributed by atoms with Crippen LogP contribution < -0.4 is 10.1 Å². The topological polar surface area (TPSA) is 37.4 Å². The zero-order valence-corrected chi connectivity index (χ0v) is 12.1. The van der Waals surface area contributed by atoms with Crippen LogP contribution in [0.4, 0.5) is 5.82 Å². The van der Waals surface area contributed by atoms with Gasteiger partial charge < -0.3 is 15.0 Å². The molecule has 0 bridgehead atoms. The predicted octanol–water partition coefficient (Wildman–Crippen LogP) is 2.90. The molecule has 1 aromatic rings. The highest BCUT2D eigenvalue weighted by Gasteiger charge is 2.20. The van der Waals surface area contributed by atoms with Crippen molar-refractivity contribution in [1.82, 2.24) is 9.88 Å². The Labute approximate surface area is 117 Å². The van der Waals surface area contributed by atoms with Crippen LogP contribution in [-0.2, 0) is 0 Å². The fourth-order valence-electron chi connectivity index (χ4n) is 1.97. The average molecular weight is 290 g/mol. The van der Waals surface area contributed by atoms with Gasteiger partial charge >= 0.3 is 0 Å². The van der Waals surface area contributed by atoms with Crippen LogP contribution in [0.1, 0.15) is 12.8 Å². The van der Waals surface area contributed by atoms with Crippen molar-refractivity contribution < 1.29 is 4.74 Å². The maximum Gasteiger partial charge on any atom is 0.234 e. The van der Waals surface area contributed by atoms with Gasteiger partial charge in [0.05, 0.1) is 5.02 Å². The largest absolute Gasteiger partial charge is 0.473 e. The number of hydrogen-bond donors (Lipinski definition) is 1. The second-order valence-corrected chi connectivity index (χ2v) is 5.29. The summed E-state index contributed by atoms with van der Waals surface area (Å²) in [6.07, 6.45) is 2.16. The Morgan fingerprint density at radius 2 is 2.00 bits per heavy atom. The Hall–Kier alpha value is -0.710. The summed E-state index contributed by atoms with van der Waals surface area (Å²) in [5, 5.41) is 3.87. The number of hydrogen-bond acceptors (Lipinski definition) is 4. The van der Waals surface area contributed by atoms with Crippen LogP contribution in [0.5, 0.6) is 5.88 Å². The number of nitrogens with zero attached hydrogens (tertiary/aromatic N) is 2. The fourth-order valence-corrected chi connectivity index (χ4v) is 2.47. The van der Waals surface area contributed by atoms with Gasteiger partial charge in [0.15, 0.2) is 0 Å². The molecule has 0 amide bonds. The van der Waals surface area contributed by atoms with E-state index in [9.17, 15) is 0 Å². The Morgan fingerprint density at radius 3 is 2.61 bits per heavy atom. The SMILES string of the molecule is CNc1nc(OC2CCN(C)CC2)c(Cl)cc1Cl. The maximum absolute atomic E-state index is 6.10. The number of halogens is 2. The number of ether oxygens (including phenoxy) is 1. The molecule has 18 heavy (non-hydrogen) atoms. The van der Waals surface area contributed by atoms with E-state index < -0.39 is 0 Å². The van der Waals surface area contributed by atoms with E-state index in [0.29, 0.717) is 21.7 Å². The Balaban J connectivity index is 2.09. The third-order valence-corrected chi connectivity index (χ3v) is 3.64. The van der Waals surface area contributed by atoms with E-state index in [1.54, 1.807) is 13.1 Å². The van der Waals surface area contributed by atoms with Gasteiger partial charge in [-0.2, -0.15) is 4.98 Å². The molecule has 0 saturated carbocycles. The van der Waals surface area contributed by atoms with Gasteiger partial charge in [0.1, 0.15) is 16.9 Å². The van der Waals surface area contributed by atoms with Crippen molar-refractivity contribution in [2.45, 2.75) is 18.9 Å². The first-order valence-electron chi connectivity index (χ1n) is 5.99. The van der Waals surface area contributed by atoms with E-state index in [2.05, 4.69) is 22.2 Å². The second kappa shape index (κ2) is 5.95. The van der Waals surface area contributed by atoms with Crippen LogP contribution in [0.2, 0.25) is 10.0 Å². The lowest BCUT2D eigenvalue weighted by atomic mass is 10.1. The highest BCUT2D eigenvalue weighted by Crippen LogP contribution is 2.31. The van der Waals surface area contributed by atoms with E-state index in [1.165, 1.54) is 0 Å². The molecular formula is C12H17Cl2N3O. The van der Waals surface area contributed by atoms with Crippen LogP contribution in [0.15, 0.2) is 6.07 Å². The fraction of sp³-hybridized carbons (Fsp3) is 0.583. The molecule has 0 aliphatic carbocycles. The van der Waals surface area contributed by atoms with Crippen LogP contribution in [0.3, 0.4) is 0 Å². The number of rotatable bonds is 3. The minimum atomic E-state index is 0.178. The number of piperidine rings is 1. The summed E-state index contributed by atoms with van der Waals surface area (Å²) in [5.41, 5.74) is 0. The molecule has 2 heterocycles. The van der Waals surface area contributed by atoms with Crippen molar-refractivity contribution in [2.24, 2.45) is 0 Å². The molecule has 1 saturated heterocycles. The van der Waals surface area contributed by atoms with Crippen molar-refractivity contribution in [3.05, 3.63) is 16.1 Å². The lowest BCUT2D eigenvalue weighted by Crippen LogP contribution is -2.35. The van der Waals surface area contributed by atoms with Crippen LogP contribution in [0.25, 0.3) is 0 Å². The van der Waals surface area contributed by atoms with Crippen molar-refractivity contribution in [1.29, 1.82) is 0 Å². The number of nitrogens with one attached hydrogen (secondary N) is 1. The average Bonchev–Trinajstić information content (AvgIpc) is 2.35. The van der Waals surface area contributed by atoms with Gasteiger partial charge in [0.2, 0.25) is 5.88 Å². The van der Waals surface area contributed by atoms with Gasteiger partial charge in [-0.05, 0) is 26.0 Å². The first-order valence-corrected chi connectivity index (χ1v) is 6.74. The van der Waals surface area contributed by atoms with Crippen LogP contribution in [-0.4, -0.2) is 43.2 Å². The number of aromatic nitrogens is 1. The summed E-state index contributed by atoms with van der Waals surface area (Å²) in [6, 6.07) is 1.66. The van der Waals surface area contributed by atoms with Gasteiger partial charge in [-0.25, -0.2) is 0 Å². The molecule has 6 heteroatoms. The Morgan fingerprint density at radius 1 is 1.33 bits per heavy atom. The molecule has 2 rings (SSSR count). The monoisotopic (exact) mass is 289 g/mol. The molecule has 100 valence electrons. The van der Waals surface area contributed by atoms with Crippen molar-refractivity contribution in [2.75, 3.05) is 32.5 Å². The van der Waals surface area contributed by atoms with Gasteiger partial charge in [0.25, 0.3) is 0 Å². The molecule has 1 fully saturated rings. The summed E-state index contributed by atoms with van der Waals surface area (Å²) >= 11 is 12.1. The molecule has 0 spiro atoms. The quantitative estimate of drug-likeness (QED) is 0.928. The van der Waals surface area contributed by atoms with Crippen molar-refractivity contribution in [3.8, 4) is 5.88 Å². The summed E-state index contributed by atoms with van der Waals surface area (Å²) < 4.78 is 5.86. The van der Waals surface area contributed by atoms with E-state index in [0.717, 1.165) is 25.9 Å². The summed E-state index contributed by atoms with van der Waals surface area (Å²) in [5.74, 6) is 1.05. The number of anilines is 1. The lowest BCUT2D eigenvalue weighted by molar-refractivity contribution is 0.110. The smallest absolute Gasteiger partial charge is 0.234 e. The maximum atomic E-state index is 6.10. The second-order valence-electron chi connectivity index (χ2n) is 4.48. The van der Waals surface area contributed by atoms with Gasteiger partial charge in [0, 0.05) is 20.1 Å². The molecule has 0 atom stereocenters. The van der Waals surface area contributed by atoms with E-state index in [4.69, 9.17) is 27.9 Å². The minimum absolute atomic E-state index is 0.178. The highest BCUT2D eigenvalue weighted by molar-refractivity contribution is 6.36. The van der Waals surface area contributed by atoms with Crippen molar-refractivity contribution >= 4 is 29.0 Å². The molecular weight excluding hydrogens is 273 g/mol. The van der Waals surface area contributed by atoms with Gasteiger partial charge in [-0.3, -0.25) is 0 Å². The minimum Gasteiger partial charge on any atom is -0.473 e. The normalized spacial score (nSPS) is 17.8. The molecule has 1 aliphatic rings. The summed E-state index contributed by atoms with van der Waals surface area (Å²) in [6.45, 7) is 2.07. The third kappa shape index (κ3) is 3.19. The Kier molecular flexibility index (Phi) is 4.54. The third-order valence-electron chi connectivity index (χ3n) is 3.08. The first-order chi connectivity index (χ1) is 8.60. The molecule has 0 unspecified atom stereocenters.